The molecule has 2 N–H and O–H groups in total. The molecule has 0 aromatic heterocycles. The molecule has 4 rings (SSSR count). The Morgan fingerprint density at radius 1 is 1.29 bits per heavy atom. The molecule has 0 radical (unpaired) electrons. The molecule has 2 aromatic carbocycles. The zero-order valence-electron chi connectivity index (χ0n) is 18.6. The number of nitrogens with zero attached hydrogens (tertiary/aromatic N) is 3. The summed E-state index contributed by atoms with van der Waals surface area (Å²) in [6.45, 7) is 2.94. The van der Waals surface area contributed by atoms with Crippen molar-refractivity contribution in [2.75, 3.05) is 42.6 Å². The van der Waals surface area contributed by atoms with E-state index in [0.717, 1.165) is 0 Å². The van der Waals surface area contributed by atoms with Crippen molar-refractivity contribution in [2.24, 2.45) is 5.10 Å². The Hall–Kier alpha value is -3.47. The Labute approximate surface area is 198 Å². The average Bonchev–Trinajstić information content (AvgIpc) is 3.18. The minimum absolute atomic E-state index is 0.0470. The van der Waals surface area contributed by atoms with Crippen LogP contribution in [-0.2, 0) is 20.3 Å². The van der Waals surface area contributed by atoms with E-state index >= 15 is 0 Å². The van der Waals surface area contributed by atoms with Crippen molar-refractivity contribution in [1.29, 1.82) is 0 Å². The summed E-state index contributed by atoms with van der Waals surface area (Å²) in [7, 11) is -0.794. The molecule has 180 valence electrons. The maximum Gasteiger partial charge on any atom is 0.414 e. The number of hydrazone groups is 1. The lowest BCUT2D eigenvalue weighted by molar-refractivity contribution is -0.119. The molecule has 2 fully saturated rings. The fourth-order valence-electron chi connectivity index (χ4n) is 3.71. The number of phenols is 1. The van der Waals surface area contributed by atoms with E-state index in [4.69, 9.17) is 4.74 Å². The summed E-state index contributed by atoms with van der Waals surface area (Å²) in [5.41, 5.74) is 1.56. The van der Waals surface area contributed by atoms with Crippen LogP contribution in [-0.4, -0.2) is 76.3 Å². The van der Waals surface area contributed by atoms with Crippen LogP contribution in [0.15, 0.2) is 41.5 Å². The van der Waals surface area contributed by atoms with Crippen LogP contribution >= 0.6 is 0 Å². The minimum Gasteiger partial charge on any atom is -0.507 e. The highest BCUT2D eigenvalue weighted by atomic mass is 32.2. The number of ether oxygens (including phenoxy) is 1. The fraction of sp³-hybridized carbons (Fsp3) is 0.348. The molecule has 2 amide bonds. The van der Waals surface area contributed by atoms with Crippen molar-refractivity contribution >= 4 is 34.7 Å². The molecule has 2 aliphatic rings. The minimum atomic E-state index is -0.794. The quantitative estimate of drug-likeness (QED) is 0.602. The van der Waals surface area contributed by atoms with Crippen molar-refractivity contribution in [3.63, 3.8) is 0 Å². The van der Waals surface area contributed by atoms with Gasteiger partial charge in [0.05, 0.1) is 25.0 Å². The zero-order valence-corrected chi connectivity index (χ0v) is 19.4. The van der Waals surface area contributed by atoms with E-state index in [0.29, 0.717) is 41.4 Å². The number of hydrogen-bond acceptors (Lipinski definition) is 7. The number of carbonyl (C=O) groups excluding carboxylic acids is 2. The average molecular weight is 489 g/mol. The van der Waals surface area contributed by atoms with Gasteiger partial charge in [0, 0.05) is 53.4 Å². The second-order valence-corrected chi connectivity index (χ2v) is 9.73. The number of amides is 2. The van der Waals surface area contributed by atoms with Crippen LogP contribution in [0, 0.1) is 5.82 Å². The van der Waals surface area contributed by atoms with Gasteiger partial charge in [-0.3, -0.25) is 18.9 Å². The van der Waals surface area contributed by atoms with Crippen LogP contribution in [0.5, 0.6) is 5.75 Å². The van der Waals surface area contributed by atoms with Crippen LogP contribution in [0.25, 0.3) is 11.1 Å². The highest BCUT2D eigenvalue weighted by Crippen LogP contribution is 2.31. The molecular formula is C23H25FN4O5S. The first kappa shape index (κ1) is 23.7. The third-order valence-corrected chi connectivity index (χ3v) is 6.85. The largest absolute Gasteiger partial charge is 0.507 e. The molecule has 2 saturated heterocycles. The highest BCUT2D eigenvalue weighted by Gasteiger charge is 2.32. The van der Waals surface area contributed by atoms with E-state index < -0.39 is 28.8 Å². The van der Waals surface area contributed by atoms with Crippen molar-refractivity contribution in [3.05, 3.63) is 47.8 Å². The number of anilines is 1. The number of carbonyl (C=O) groups is 2. The maximum absolute atomic E-state index is 14.9. The number of phenolic OH excluding ortho intramolecular Hbond substituents is 1. The summed E-state index contributed by atoms with van der Waals surface area (Å²) < 4.78 is 31.6. The van der Waals surface area contributed by atoms with E-state index in [2.05, 4.69) is 10.4 Å². The van der Waals surface area contributed by atoms with Crippen LogP contribution in [0.2, 0.25) is 0 Å². The smallest absolute Gasteiger partial charge is 0.414 e. The van der Waals surface area contributed by atoms with E-state index in [9.17, 15) is 23.3 Å². The monoisotopic (exact) mass is 488 g/mol. The first-order valence-electron chi connectivity index (χ1n) is 10.8. The van der Waals surface area contributed by atoms with E-state index in [1.807, 2.05) is 0 Å². The topological polar surface area (TPSA) is 112 Å². The van der Waals surface area contributed by atoms with Gasteiger partial charge in [0.1, 0.15) is 17.7 Å². The Balaban J connectivity index is 1.45. The zero-order chi connectivity index (χ0) is 24.2. The second kappa shape index (κ2) is 10.2. The van der Waals surface area contributed by atoms with Gasteiger partial charge < -0.3 is 15.2 Å². The summed E-state index contributed by atoms with van der Waals surface area (Å²) in [5, 5.41) is 19.1. The van der Waals surface area contributed by atoms with E-state index in [1.165, 1.54) is 36.2 Å². The Morgan fingerprint density at radius 2 is 2.06 bits per heavy atom. The Bertz CT molecular complexity index is 1150. The number of nitrogens with one attached hydrogen (secondary N) is 1. The second-order valence-electron chi connectivity index (χ2n) is 8.04. The third-order valence-electron chi connectivity index (χ3n) is 5.57. The van der Waals surface area contributed by atoms with Crippen LogP contribution in [0.4, 0.5) is 14.9 Å². The number of halogens is 1. The summed E-state index contributed by atoms with van der Waals surface area (Å²) in [6.07, 6.45) is 0.407. The Kier molecular flexibility index (Phi) is 7.11. The normalized spacial score (nSPS) is 19.0. The number of benzene rings is 2. The Morgan fingerprint density at radius 3 is 2.74 bits per heavy atom. The lowest BCUT2D eigenvalue weighted by atomic mass is 10.0. The third kappa shape index (κ3) is 5.53. The summed E-state index contributed by atoms with van der Waals surface area (Å²) >= 11 is 0. The first-order valence-corrected chi connectivity index (χ1v) is 12.3. The molecular weight excluding hydrogens is 463 g/mol. The van der Waals surface area contributed by atoms with E-state index in [1.54, 1.807) is 23.2 Å². The molecule has 11 heteroatoms. The standard InChI is InChI=1S/C23H25FN4O5S/c1-15(29)25-13-19-14-28(23(31)33-19)18-4-5-20(21(24)11-18)16-2-3-17(22(30)10-16)12-26-27-6-8-34(32)9-7-27/h2-5,10-12,19,30H,6-9,13-14H2,1H3,(H,25,29)/b26-12+/t19-/m0/s1. The summed E-state index contributed by atoms with van der Waals surface area (Å²) in [4.78, 5) is 24.5. The number of rotatable bonds is 6. The van der Waals surface area contributed by atoms with Gasteiger partial charge in [-0.2, -0.15) is 5.10 Å². The van der Waals surface area contributed by atoms with Crippen LogP contribution < -0.4 is 10.2 Å². The molecule has 9 nitrogen and oxygen atoms in total. The summed E-state index contributed by atoms with van der Waals surface area (Å²) in [5.74, 6) is 0.312. The SMILES string of the molecule is CC(=O)NC[C@H]1CN(c2ccc(-c3ccc(/C=N/N4CCS(=O)CC4)c(O)c3)c(F)c2)C(=O)O1. The van der Waals surface area contributed by atoms with Gasteiger partial charge in [-0.15, -0.1) is 0 Å². The first-order chi connectivity index (χ1) is 16.3. The van der Waals surface area contributed by atoms with Gasteiger partial charge in [0.15, 0.2) is 0 Å². The van der Waals surface area contributed by atoms with Crippen molar-refractivity contribution in [2.45, 2.75) is 13.0 Å². The molecule has 0 unspecified atom stereocenters. The van der Waals surface area contributed by atoms with Gasteiger partial charge in [-0.05, 0) is 35.9 Å². The van der Waals surface area contributed by atoms with Gasteiger partial charge in [0.25, 0.3) is 0 Å². The predicted molar refractivity (Wildman–Crippen MR) is 127 cm³/mol. The molecule has 2 aromatic rings. The highest BCUT2D eigenvalue weighted by molar-refractivity contribution is 7.85. The molecule has 34 heavy (non-hydrogen) atoms. The molecule has 0 aliphatic carbocycles. The van der Waals surface area contributed by atoms with Gasteiger partial charge in [-0.1, -0.05) is 6.07 Å². The molecule has 2 aliphatic heterocycles. The van der Waals surface area contributed by atoms with E-state index in [-0.39, 0.29) is 30.3 Å². The molecule has 0 bridgehead atoms. The summed E-state index contributed by atoms with van der Waals surface area (Å²) in [6, 6.07) is 9.16. The molecule has 2 heterocycles. The molecule has 0 saturated carbocycles. The predicted octanol–water partition coefficient (Wildman–Crippen LogP) is 2.06. The van der Waals surface area contributed by atoms with Gasteiger partial charge in [-0.25, -0.2) is 9.18 Å². The lowest BCUT2D eigenvalue weighted by Crippen LogP contribution is -2.34. The molecule has 0 spiro atoms. The van der Waals surface area contributed by atoms with Crippen LogP contribution in [0.3, 0.4) is 0 Å². The van der Waals surface area contributed by atoms with Crippen molar-refractivity contribution in [1.82, 2.24) is 10.3 Å². The lowest BCUT2D eigenvalue weighted by Gasteiger charge is -2.22. The number of aromatic hydroxyl groups is 1. The van der Waals surface area contributed by atoms with Crippen molar-refractivity contribution in [3.8, 4) is 16.9 Å². The number of hydrogen-bond donors (Lipinski definition) is 2. The van der Waals surface area contributed by atoms with Crippen LogP contribution in [0.1, 0.15) is 12.5 Å². The van der Waals surface area contributed by atoms with Gasteiger partial charge >= 0.3 is 6.09 Å². The maximum atomic E-state index is 14.9. The molecule has 1 atom stereocenters. The van der Waals surface area contributed by atoms with Crippen molar-refractivity contribution < 1.29 is 28.0 Å². The van der Waals surface area contributed by atoms with Gasteiger partial charge in [0.2, 0.25) is 5.91 Å². The number of cyclic esters (lactones) is 1. The fourth-order valence-corrected chi connectivity index (χ4v) is 4.74.